The van der Waals surface area contributed by atoms with E-state index < -0.39 is 0 Å². The maximum absolute atomic E-state index is 4.13. The number of hydrogen-bond donors (Lipinski definition) is 1. The third kappa shape index (κ3) is 1.41. The molecule has 1 aromatic heterocycles. The van der Waals surface area contributed by atoms with Gasteiger partial charge in [0.25, 0.3) is 0 Å². The first-order chi connectivity index (χ1) is 4.74. The normalized spacial score (nSPS) is 10.4. The molecule has 0 fully saturated rings. The molecule has 10 heavy (non-hydrogen) atoms. The smallest absolute Gasteiger partial charge is 0.173 e. The van der Waals surface area contributed by atoms with Crippen molar-refractivity contribution in [2.45, 2.75) is 26.6 Å². The van der Waals surface area contributed by atoms with Crippen LogP contribution in [0.3, 0.4) is 0 Å². The molecule has 1 radical (unpaired) electrons. The van der Waals surface area contributed by atoms with Gasteiger partial charge in [-0.2, -0.15) is 5.10 Å². The van der Waals surface area contributed by atoms with Crippen LogP contribution >= 0.6 is 0 Å². The zero-order valence-electron chi connectivity index (χ0n) is 6.68. The SMILES string of the molecule is C[B]c1cc(C(C)C)n[nH]1. The summed E-state index contributed by atoms with van der Waals surface area (Å²) in [5, 5.41) is 7.06. The highest BCUT2D eigenvalue weighted by atomic mass is 15.1. The lowest BCUT2D eigenvalue weighted by Crippen LogP contribution is -2.10. The Labute approximate surface area is 62.3 Å². The van der Waals surface area contributed by atoms with E-state index >= 15 is 0 Å². The second-order valence-electron chi connectivity index (χ2n) is 2.69. The van der Waals surface area contributed by atoms with Gasteiger partial charge in [-0.3, -0.25) is 5.10 Å². The molecule has 0 aliphatic rings. The second kappa shape index (κ2) is 2.91. The molecule has 0 saturated heterocycles. The van der Waals surface area contributed by atoms with E-state index in [2.05, 4.69) is 30.1 Å². The molecule has 2 nitrogen and oxygen atoms in total. The summed E-state index contributed by atoms with van der Waals surface area (Å²) in [6.07, 6.45) is 0. The molecule has 0 unspecified atom stereocenters. The molecule has 0 spiro atoms. The van der Waals surface area contributed by atoms with E-state index in [0.717, 1.165) is 11.3 Å². The number of aromatic amines is 1. The van der Waals surface area contributed by atoms with Gasteiger partial charge in [-0.25, -0.2) is 0 Å². The minimum absolute atomic E-state index is 0.518. The summed E-state index contributed by atoms with van der Waals surface area (Å²) < 4.78 is 0. The average molecular weight is 135 g/mol. The van der Waals surface area contributed by atoms with Gasteiger partial charge in [-0.1, -0.05) is 20.7 Å². The Morgan fingerprint density at radius 1 is 1.60 bits per heavy atom. The van der Waals surface area contributed by atoms with E-state index in [4.69, 9.17) is 0 Å². The number of aromatic nitrogens is 2. The molecule has 0 amide bonds. The fraction of sp³-hybridized carbons (Fsp3) is 0.571. The van der Waals surface area contributed by atoms with Crippen molar-refractivity contribution in [3.8, 4) is 0 Å². The quantitative estimate of drug-likeness (QED) is 0.600. The van der Waals surface area contributed by atoms with Gasteiger partial charge in [0.1, 0.15) is 0 Å². The number of nitrogens with one attached hydrogen (secondary N) is 1. The van der Waals surface area contributed by atoms with Crippen molar-refractivity contribution in [2.24, 2.45) is 0 Å². The van der Waals surface area contributed by atoms with Crippen LogP contribution in [0.4, 0.5) is 0 Å². The maximum atomic E-state index is 4.13. The predicted molar refractivity (Wildman–Crippen MR) is 43.9 cm³/mol. The number of nitrogens with zero attached hydrogens (tertiary/aromatic N) is 1. The molecule has 0 aliphatic heterocycles. The van der Waals surface area contributed by atoms with E-state index in [9.17, 15) is 0 Å². The Morgan fingerprint density at radius 2 is 2.30 bits per heavy atom. The molecule has 3 heteroatoms. The molecule has 1 heterocycles. The fourth-order valence-electron chi connectivity index (χ4n) is 0.797. The van der Waals surface area contributed by atoms with Crippen molar-refractivity contribution in [3.63, 3.8) is 0 Å². The first-order valence-electron chi connectivity index (χ1n) is 3.58. The third-order valence-electron chi connectivity index (χ3n) is 1.52. The Kier molecular flexibility index (Phi) is 2.15. The lowest BCUT2D eigenvalue weighted by atomic mass is 9.78. The largest absolute Gasteiger partial charge is 0.292 e. The first kappa shape index (κ1) is 7.38. The van der Waals surface area contributed by atoms with E-state index in [0.29, 0.717) is 5.92 Å². The van der Waals surface area contributed by atoms with Crippen LogP contribution in [0.1, 0.15) is 25.5 Å². The molecular formula is C7H12BN2. The Balaban J connectivity index is 2.78. The summed E-state index contributed by atoms with van der Waals surface area (Å²) in [4.78, 5) is 0. The topological polar surface area (TPSA) is 28.7 Å². The average Bonchev–Trinajstić information content (AvgIpc) is 2.34. The molecule has 53 valence electrons. The molecule has 1 N–H and O–H groups in total. The minimum Gasteiger partial charge on any atom is -0.292 e. The molecular weight excluding hydrogens is 123 g/mol. The van der Waals surface area contributed by atoms with Crippen LogP contribution in [0.15, 0.2) is 6.07 Å². The fourth-order valence-corrected chi connectivity index (χ4v) is 0.797. The van der Waals surface area contributed by atoms with Gasteiger partial charge in [0.15, 0.2) is 7.28 Å². The third-order valence-corrected chi connectivity index (χ3v) is 1.52. The molecule has 0 aromatic carbocycles. The van der Waals surface area contributed by atoms with Crippen LogP contribution in [-0.2, 0) is 0 Å². The minimum atomic E-state index is 0.518. The van der Waals surface area contributed by atoms with Crippen LogP contribution < -0.4 is 5.59 Å². The van der Waals surface area contributed by atoms with Gasteiger partial charge in [-0.15, -0.1) is 0 Å². The standard InChI is InChI=1S/C7H12BN2/c1-5(2)6-4-7(8-3)10-9-6/h4-5H,1-3H3,(H,9,10). The summed E-state index contributed by atoms with van der Waals surface area (Å²) in [6.45, 7) is 6.27. The van der Waals surface area contributed by atoms with E-state index in [1.807, 2.05) is 14.1 Å². The summed E-state index contributed by atoms with van der Waals surface area (Å²) in [5.41, 5.74) is 2.23. The Hall–Kier alpha value is -0.725. The first-order valence-corrected chi connectivity index (χ1v) is 3.58. The second-order valence-corrected chi connectivity index (χ2v) is 2.69. The van der Waals surface area contributed by atoms with Crippen LogP contribution in [0, 0.1) is 0 Å². The van der Waals surface area contributed by atoms with Crippen LogP contribution in [0.2, 0.25) is 6.82 Å². The van der Waals surface area contributed by atoms with Gasteiger partial charge in [-0.05, 0) is 17.6 Å². The number of H-pyrrole nitrogens is 1. The highest BCUT2D eigenvalue weighted by Gasteiger charge is 2.02. The molecule has 0 aliphatic carbocycles. The zero-order valence-corrected chi connectivity index (χ0v) is 6.68. The zero-order chi connectivity index (χ0) is 7.56. The van der Waals surface area contributed by atoms with Crippen molar-refractivity contribution in [3.05, 3.63) is 11.8 Å². The summed E-state index contributed by atoms with van der Waals surface area (Å²) in [5.74, 6) is 0.518. The molecule has 0 atom stereocenters. The Morgan fingerprint density at radius 3 is 2.60 bits per heavy atom. The van der Waals surface area contributed by atoms with Gasteiger partial charge in [0.05, 0.1) is 5.69 Å². The van der Waals surface area contributed by atoms with Gasteiger partial charge < -0.3 is 0 Å². The molecule has 1 rings (SSSR count). The van der Waals surface area contributed by atoms with Crippen molar-refractivity contribution < 1.29 is 0 Å². The van der Waals surface area contributed by atoms with Crippen LogP contribution in [0.5, 0.6) is 0 Å². The van der Waals surface area contributed by atoms with E-state index in [1.54, 1.807) is 0 Å². The highest BCUT2D eigenvalue weighted by molar-refractivity contribution is 6.50. The van der Waals surface area contributed by atoms with Crippen LogP contribution in [0.25, 0.3) is 0 Å². The maximum Gasteiger partial charge on any atom is 0.173 e. The molecule has 1 aromatic rings. The summed E-state index contributed by atoms with van der Waals surface area (Å²) in [7, 11) is 2.01. The van der Waals surface area contributed by atoms with Crippen molar-refractivity contribution >= 4 is 12.9 Å². The van der Waals surface area contributed by atoms with Crippen molar-refractivity contribution in [1.82, 2.24) is 10.2 Å². The van der Waals surface area contributed by atoms with Crippen molar-refractivity contribution in [1.29, 1.82) is 0 Å². The predicted octanol–water partition coefficient (Wildman–Crippen LogP) is 0.911. The van der Waals surface area contributed by atoms with Gasteiger partial charge >= 0.3 is 0 Å². The Bertz CT molecular complexity index is 205. The molecule has 0 bridgehead atoms. The lowest BCUT2D eigenvalue weighted by Gasteiger charge is -1.94. The highest BCUT2D eigenvalue weighted by Crippen LogP contribution is 2.07. The summed E-state index contributed by atoms with van der Waals surface area (Å²) in [6, 6.07) is 2.07. The number of rotatable bonds is 2. The van der Waals surface area contributed by atoms with Gasteiger partial charge in [0.2, 0.25) is 0 Å². The lowest BCUT2D eigenvalue weighted by molar-refractivity contribution is 0.811. The van der Waals surface area contributed by atoms with Gasteiger partial charge in [0, 0.05) is 0 Å². The monoisotopic (exact) mass is 135 g/mol. The number of hydrogen-bond acceptors (Lipinski definition) is 1. The van der Waals surface area contributed by atoms with E-state index in [1.165, 1.54) is 0 Å². The van der Waals surface area contributed by atoms with E-state index in [-0.39, 0.29) is 0 Å². The molecule has 0 saturated carbocycles. The van der Waals surface area contributed by atoms with Crippen molar-refractivity contribution in [2.75, 3.05) is 0 Å². The summed E-state index contributed by atoms with van der Waals surface area (Å²) >= 11 is 0. The van der Waals surface area contributed by atoms with Crippen LogP contribution in [-0.4, -0.2) is 17.5 Å².